The van der Waals surface area contributed by atoms with Crippen molar-refractivity contribution in [2.45, 2.75) is 4.90 Å². The highest BCUT2D eigenvalue weighted by Crippen LogP contribution is 2.16. The van der Waals surface area contributed by atoms with Gasteiger partial charge in [0.2, 0.25) is 5.88 Å². The number of benzene rings is 2. The first-order chi connectivity index (χ1) is 16.3. The number of anilines is 1. The molecule has 0 saturated carbocycles. The first-order valence-electron chi connectivity index (χ1n) is 9.85. The molecule has 34 heavy (non-hydrogen) atoms. The van der Waals surface area contributed by atoms with E-state index in [1.165, 1.54) is 36.4 Å². The zero-order valence-electron chi connectivity index (χ0n) is 17.6. The van der Waals surface area contributed by atoms with Crippen LogP contribution in [0.4, 0.5) is 10.5 Å². The molecule has 0 aliphatic heterocycles. The van der Waals surface area contributed by atoms with Crippen LogP contribution in [0.25, 0.3) is 0 Å². The third-order valence-corrected chi connectivity index (χ3v) is 5.61. The molecule has 2 aromatic carbocycles. The van der Waals surface area contributed by atoms with E-state index < -0.39 is 22.0 Å². The van der Waals surface area contributed by atoms with Crippen molar-refractivity contribution in [3.8, 4) is 5.88 Å². The van der Waals surface area contributed by atoms with Gasteiger partial charge in [0.1, 0.15) is 0 Å². The van der Waals surface area contributed by atoms with E-state index in [2.05, 4.69) is 15.6 Å². The van der Waals surface area contributed by atoms with Crippen LogP contribution >= 0.6 is 0 Å². The predicted molar refractivity (Wildman–Crippen MR) is 121 cm³/mol. The fourth-order valence-electron chi connectivity index (χ4n) is 2.61. The Morgan fingerprint density at radius 2 is 1.59 bits per heavy atom. The summed E-state index contributed by atoms with van der Waals surface area (Å²) < 4.78 is 31.8. The lowest BCUT2D eigenvalue weighted by Gasteiger charge is -2.09. The Kier molecular flexibility index (Phi) is 7.90. The van der Waals surface area contributed by atoms with Gasteiger partial charge < -0.3 is 20.5 Å². The predicted octanol–water partition coefficient (Wildman–Crippen LogP) is 1.53. The molecule has 0 unspecified atom stereocenters. The molecule has 1 aromatic heterocycles. The quantitative estimate of drug-likeness (QED) is 0.374. The summed E-state index contributed by atoms with van der Waals surface area (Å²) >= 11 is 0. The van der Waals surface area contributed by atoms with Crippen LogP contribution in [0.5, 0.6) is 5.88 Å². The van der Waals surface area contributed by atoms with Gasteiger partial charge in [-0.15, -0.1) is 0 Å². The first kappa shape index (κ1) is 24.4. The highest BCUT2D eigenvalue weighted by Gasteiger charge is 2.19. The number of carbonyl (C=O) groups excluding carboxylic acids is 3. The number of pyridine rings is 1. The Balaban J connectivity index is 1.61. The summed E-state index contributed by atoms with van der Waals surface area (Å²) in [6, 6.07) is 16.2. The highest BCUT2D eigenvalue weighted by atomic mass is 32.2. The van der Waals surface area contributed by atoms with Crippen molar-refractivity contribution >= 4 is 33.6 Å². The van der Waals surface area contributed by atoms with Crippen LogP contribution < -0.4 is 20.1 Å². The highest BCUT2D eigenvalue weighted by molar-refractivity contribution is 7.90. The van der Waals surface area contributed by atoms with Gasteiger partial charge in [0.15, 0.2) is 0 Å². The second-order valence-corrected chi connectivity index (χ2v) is 8.39. The monoisotopic (exact) mass is 484 g/mol. The molecule has 0 fully saturated rings. The number of ether oxygens (including phenoxy) is 1. The molecular formula is C22H20N4O7S. The molecule has 1 heterocycles. The SMILES string of the molecule is O=C(NCCO)Oc1ccc(C(=O)NS(=O)(=O)c2ccc(NC(=O)c3ccccc3)cc2)cn1. The summed E-state index contributed by atoms with van der Waals surface area (Å²) in [5.74, 6) is -1.41. The van der Waals surface area contributed by atoms with Gasteiger partial charge in [0.05, 0.1) is 17.1 Å². The second kappa shape index (κ2) is 11.0. The lowest BCUT2D eigenvalue weighted by Crippen LogP contribution is -2.31. The average molecular weight is 484 g/mol. The van der Waals surface area contributed by atoms with E-state index in [9.17, 15) is 22.8 Å². The van der Waals surface area contributed by atoms with E-state index in [1.807, 2.05) is 4.72 Å². The number of carbonyl (C=O) groups is 3. The van der Waals surface area contributed by atoms with Crippen molar-refractivity contribution in [2.24, 2.45) is 0 Å². The van der Waals surface area contributed by atoms with Crippen LogP contribution in [0.3, 0.4) is 0 Å². The van der Waals surface area contributed by atoms with Crippen molar-refractivity contribution in [3.63, 3.8) is 0 Å². The van der Waals surface area contributed by atoms with Crippen molar-refractivity contribution in [2.75, 3.05) is 18.5 Å². The van der Waals surface area contributed by atoms with Crippen LogP contribution in [0.15, 0.2) is 77.8 Å². The van der Waals surface area contributed by atoms with E-state index in [4.69, 9.17) is 9.84 Å². The summed E-state index contributed by atoms with van der Waals surface area (Å²) in [6.07, 6.45) is 0.201. The van der Waals surface area contributed by atoms with E-state index in [0.29, 0.717) is 11.3 Å². The van der Waals surface area contributed by atoms with Gasteiger partial charge in [-0.25, -0.2) is 22.9 Å². The van der Waals surface area contributed by atoms with Crippen LogP contribution in [-0.2, 0) is 10.0 Å². The van der Waals surface area contributed by atoms with Crippen LogP contribution in [0.2, 0.25) is 0 Å². The molecule has 4 N–H and O–H groups in total. The van der Waals surface area contributed by atoms with Crippen LogP contribution in [0, 0.1) is 0 Å². The topological polar surface area (TPSA) is 164 Å². The number of aromatic nitrogens is 1. The van der Waals surface area contributed by atoms with E-state index in [0.717, 1.165) is 6.20 Å². The second-order valence-electron chi connectivity index (χ2n) is 6.70. The van der Waals surface area contributed by atoms with Gasteiger partial charge in [-0.3, -0.25) is 9.59 Å². The van der Waals surface area contributed by atoms with Gasteiger partial charge in [-0.2, -0.15) is 0 Å². The first-order valence-corrected chi connectivity index (χ1v) is 11.3. The number of hydrogen-bond acceptors (Lipinski definition) is 8. The Labute approximate surface area is 194 Å². The molecule has 3 amide bonds. The Morgan fingerprint density at radius 3 is 2.21 bits per heavy atom. The Bertz CT molecular complexity index is 1260. The molecule has 0 aliphatic rings. The summed E-state index contributed by atoms with van der Waals surface area (Å²) in [5, 5.41) is 13.6. The minimum atomic E-state index is -4.20. The fourth-order valence-corrected chi connectivity index (χ4v) is 3.59. The standard InChI is InChI=1S/C22H20N4O7S/c27-13-12-23-22(30)33-19-11-6-16(14-24-19)21(29)26-34(31,32)18-9-7-17(8-10-18)25-20(28)15-4-2-1-3-5-15/h1-11,14,27H,12-13H2,(H,23,30)(H,25,28)(H,26,29). The van der Waals surface area contributed by atoms with Crippen molar-refractivity contribution in [1.82, 2.24) is 15.0 Å². The minimum Gasteiger partial charge on any atom is -0.395 e. The molecule has 12 heteroatoms. The zero-order chi connectivity index (χ0) is 24.6. The summed E-state index contributed by atoms with van der Waals surface area (Å²) in [4.78, 5) is 39.5. The van der Waals surface area contributed by atoms with E-state index in [1.54, 1.807) is 30.3 Å². The molecule has 0 saturated heterocycles. The largest absolute Gasteiger partial charge is 0.414 e. The number of rotatable bonds is 8. The molecular weight excluding hydrogens is 464 g/mol. The van der Waals surface area contributed by atoms with Gasteiger partial charge in [-0.05, 0) is 42.5 Å². The normalized spacial score (nSPS) is 10.7. The van der Waals surface area contributed by atoms with Gasteiger partial charge in [-0.1, -0.05) is 18.2 Å². The summed E-state index contributed by atoms with van der Waals surface area (Å²) in [5.41, 5.74) is 0.739. The molecule has 0 aliphatic carbocycles. The molecule has 0 bridgehead atoms. The number of aliphatic hydroxyl groups is 1. The minimum absolute atomic E-state index is 0.00242. The van der Waals surface area contributed by atoms with E-state index >= 15 is 0 Å². The average Bonchev–Trinajstić information content (AvgIpc) is 2.83. The molecule has 11 nitrogen and oxygen atoms in total. The third-order valence-electron chi connectivity index (χ3n) is 4.26. The Hall–Kier alpha value is -4.29. The zero-order valence-corrected chi connectivity index (χ0v) is 18.4. The number of nitrogens with one attached hydrogen (secondary N) is 3. The summed E-state index contributed by atoms with van der Waals surface area (Å²) in [7, 11) is -4.20. The van der Waals surface area contributed by atoms with Crippen LogP contribution in [0.1, 0.15) is 20.7 Å². The van der Waals surface area contributed by atoms with Gasteiger partial charge in [0, 0.05) is 30.1 Å². The number of aliphatic hydroxyl groups excluding tert-OH is 1. The Morgan fingerprint density at radius 1 is 0.882 bits per heavy atom. The maximum atomic E-state index is 12.5. The van der Waals surface area contributed by atoms with Gasteiger partial charge in [0.25, 0.3) is 21.8 Å². The maximum absolute atomic E-state index is 12.5. The lowest BCUT2D eigenvalue weighted by molar-refractivity contribution is 0.0979. The summed E-state index contributed by atoms with van der Waals surface area (Å²) in [6.45, 7) is -0.265. The molecule has 0 spiro atoms. The number of hydrogen-bond donors (Lipinski definition) is 4. The molecule has 0 atom stereocenters. The number of nitrogens with zero attached hydrogens (tertiary/aromatic N) is 1. The molecule has 3 aromatic rings. The van der Waals surface area contributed by atoms with Crippen molar-refractivity contribution in [1.29, 1.82) is 0 Å². The smallest absolute Gasteiger partial charge is 0.395 e. The van der Waals surface area contributed by atoms with Crippen LogP contribution in [-0.4, -0.2) is 49.6 Å². The van der Waals surface area contributed by atoms with Crippen molar-refractivity contribution in [3.05, 3.63) is 84.1 Å². The third kappa shape index (κ3) is 6.60. The number of amides is 3. The maximum Gasteiger partial charge on any atom is 0.414 e. The number of sulfonamides is 1. The van der Waals surface area contributed by atoms with Gasteiger partial charge >= 0.3 is 6.09 Å². The molecule has 3 rings (SSSR count). The molecule has 0 radical (unpaired) electrons. The fraction of sp³-hybridized carbons (Fsp3) is 0.0909. The van der Waals surface area contributed by atoms with E-state index in [-0.39, 0.29) is 35.4 Å². The lowest BCUT2D eigenvalue weighted by atomic mass is 10.2. The van der Waals surface area contributed by atoms with Crippen molar-refractivity contribution < 1.29 is 32.6 Å². The molecule has 176 valence electrons.